The third kappa shape index (κ3) is 38.4. The highest BCUT2D eigenvalue weighted by atomic mass is 32.3. The molecule has 8 heteroatoms. The predicted molar refractivity (Wildman–Crippen MR) is 62.8 cm³/mol. The van der Waals surface area contributed by atoms with E-state index in [2.05, 4.69) is 17.5 Å². The van der Waals surface area contributed by atoms with Crippen molar-refractivity contribution in [3.05, 3.63) is 12.2 Å². The van der Waals surface area contributed by atoms with Crippen LogP contribution in [0.25, 0.3) is 0 Å². The van der Waals surface area contributed by atoms with Gasteiger partial charge in [-0.25, -0.2) is 0 Å². The molecule has 0 unspecified atom stereocenters. The summed E-state index contributed by atoms with van der Waals surface area (Å²) in [6, 6.07) is 0. The van der Waals surface area contributed by atoms with Gasteiger partial charge in [0.15, 0.2) is 5.96 Å². The van der Waals surface area contributed by atoms with E-state index in [1.54, 1.807) is 0 Å². The van der Waals surface area contributed by atoms with Crippen molar-refractivity contribution in [1.29, 1.82) is 5.41 Å². The molecule has 0 spiro atoms. The molecule has 7 nitrogen and oxygen atoms in total. The second-order valence-corrected chi connectivity index (χ2v) is 3.75. The number of unbranched alkanes of at least 4 members (excludes halogenated alkanes) is 2. The average molecular weight is 253 g/mol. The minimum Gasteiger partial charge on any atom is -0.370 e. The Morgan fingerprint density at radius 1 is 1.44 bits per heavy atom. The fourth-order valence-corrected chi connectivity index (χ4v) is 0.777. The van der Waals surface area contributed by atoms with E-state index >= 15 is 0 Å². The molecule has 96 valence electrons. The number of guanidine groups is 1. The number of rotatable bonds is 5. The van der Waals surface area contributed by atoms with E-state index in [9.17, 15) is 0 Å². The number of nitrogens with two attached hydrogens (primary N) is 1. The maximum absolute atomic E-state index is 8.74. The van der Waals surface area contributed by atoms with Gasteiger partial charge in [0.25, 0.3) is 0 Å². The van der Waals surface area contributed by atoms with E-state index in [0.717, 1.165) is 25.8 Å². The summed E-state index contributed by atoms with van der Waals surface area (Å²) in [7, 11) is -4.67. The largest absolute Gasteiger partial charge is 0.394 e. The highest BCUT2D eigenvalue weighted by Crippen LogP contribution is 1.94. The Balaban J connectivity index is 0. The van der Waals surface area contributed by atoms with Crippen LogP contribution in [-0.2, 0) is 10.4 Å². The zero-order chi connectivity index (χ0) is 13.0. The zero-order valence-corrected chi connectivity index (χ0v) is 10.00. The van der Waals surface area contributed by atoms with E-state index in [4.69, 9.17) is 28.7 Å². The van der Waals surface area contributed by atoms with Gasteiger partial charge in [-0.2, -0.15) is 8.42 Å². The Hall–Kier alpha value is -1.12. The van der Waals surface area contributed by atoms with Crippen LogP contribution in [0.4, 0.5) is 0 Å². The molecule has 0 aliphatic carbocycles. The van der Waals surface area contributed by atoms with Crippen molar-refractivity contribution in [1.82, 2.24) is 5.32 Å². The molecule has 0 atom stereocenters. The highest BCUT2D eigenvalue weighted by molar-refractivity contribution is 7.79. The Labute approximate surface area is 95.8 Å². The lowest BCUT2D eigenvalue weighted by molar-refractivity contribution is 0.381. The van der Waals surface area contributed by atoms with Crippen molar-refractivity contribution in [3.8, 4) is 0 Å². The minimum absolute atomic E-state index is 0.0658. The van der Waals surface area contributed by atoms with Gasteiger partial charge in [-0.05, 0) is 26.2 Å². The number of hydrogen-bond donors (Lipinski definition) is 5. The third-order valence-corrected chi connectivity index (χ3v) is 1.35. The molecule has 0 saturated carbocycles. The molecule has 0 radical (unpaired) electrons. The van der Waals surface area contributed by atoms with Gasteiger partial charge in [0, 0.05) is 6.54 Å². The zero-order valence-electron chi connectivity index (χ0n) is 9.18. The Morgan fingerprint density at radius 2 is 1.94 bits per heavy atom. The normalized spacial score (nSPS) is 10.7. The third-order valence-electron chi connectivity index (χ3n) is 1.35. The average Bonchev–Trinajstić information content (AvgIpc) is 2.08. The van der Waals surface area contributed by atoms with Crippen molar-refractivity contribution >= 4 is 16.4 Å². The van der Waals surface area contributed by atoms with Gasteiger partial charge in [-0.3, -0.25) is 14.5 Å². The summed E-state index contributed by atoms with van der Waals surface area (Å²) in [5.41, 5.74) is 5.09. The molecule has 0 amide bonds. The van der Waals surface area contributed by atoms with Gasteiger partial charge in [-0.15, -0.1) is 0 Å². The second-order valence-electron chi connectivity index (χ2n) is 2.85. The van der Waals surface area contributed by atoms with Crippen molar-refractivity contribution in [2.24, 2.45) is 5.73 Å². The van der Waals surface area contributed by atoms with E-state index in [1.165, 1.54) is 0 Å². The molecule has 0 aromatic heterocycles. The monoisotopic (exact) mass is 253 g/mol. The molecule has 0 heterocycles. The standard InChI is InChI=1S/C8H17N3.H2O4S/c1-2-3-4-5-6-7-11-8(9)10;1-5(2,3)4/h2-3H,4-7H2,1H3,(H4,9,10,11);(H2,1,2,3,4)/b3-2+;. The van der Waals surface area contributed by atoms with Crippen LogP contribution in [0.1, 0.15) is 26.2 Å². The van der Waals surface area contributed by atoms with E-state index in [0.29, 0.717) is 0 Å². The maximum Gasteiger partial charge on any atom is 0.394 e. The molecule has 0 saturated heterocycles. The fourth-order valence-electron chi connectivity index (χ4n) is 0.777. The van der Waals surface area contributed by atoms with Crippen LogP contribution in [0.15, 0.2) is 12.2 Å². The molecule has 0 aromatic carbocycles. The topological polar surface area (TPSA) is 136 Å². The number of nitrogens with one attached hydrogen (secondary N) is 2. The van der Waals surface area contributed by atoms with E-state index < -0.39 is 10.4 Å². The molecule has 0 aliphatic heterocycles. The summed E-state index contributed by atoms with van der Waals surface area (Å²) < 4.78 is 31.6. The first-order valence-electron chi connectivity index (χ1n) is 4.66. The van der Waals surface area contributed by atoms with Crippen LogP contribution >= 0.6 is 0 Å². The van der Waals surface area contributed by atoms with Crippen LogP contribution in [0.3, 0.4) is 0 Å². The van der Waals surface area contributed by atoms with Crippen molar-refractivity contribution in [2.45, 2.75) is 26.2 Å². The van der Waals surface area contributed by atoms with Gasteiger partial charge < -0.3 is 11.1 Å². The lowest BCUT2D eigenvalue weighted by Gasteiger charge is -2.00. The molecule has 0 aliphatic rings. The molecule has 0 rings (SSSR count). The van der Waals surface area contributed by atoms with Gasteiger partial charge in [0.2, 0.25) is 0 Å². The van der Waals surface area contributed by atoms with Gasteiger partial charge >= 0.3 is 10.4 Å². The van der Waals surface area contributed by atoms with Crippen molar-refractivity contribution in [3.63, 3.8) is 0 Å². The van der Waals surface area contributed by atoms with Crippen molar-refractivity contribution < 1.29 is 17.5 Å². The SMILES string of the molecule is C/C=C/CCCCNC(=N)N.O=S(=O)(O)O. The second kappa shape index (κ2) is 10.4. The number of hydrogen-bond acceptors (Lipinski definition) is 3. The smallest absolute Gasteiger partial charge is 0.370 e. The quantitative estimate of drug-likeness (QED) is 0.160. The summed E-state index contributed by atoms with van der Waals surface area (Å²) in [5, 5.41) is 9.62. The van der Waals surface area contributed by atoms with Crippen LogP contribution < -0.4 is 11.1 Å². The number of allylic oxidation sites excluding steroid dienone is 2. The molecule has 0 aromatic rings. The summed E-state index contributed by atoms with van der Waals surface area (Å²) in [6.07, 6.45) is 7.55. The molecule has 0 fully saturated rings. The molecular weight excluding hydrogens is 234 g/mol. The van der Waals surface area contributed by atoms with Crippen LogP contribution in [0, 0.1) is 5.41 Å². The summed E-state index contributed by atoms with van der Waals surface area (Å²) in [4.78, 5) is 0. The van der Waals surface area contributed by atoms with E-state index in [1.807, 2.05) is 6.92 Å². The molecule has 6 N–H and O–H groups in total. The lowest BCUT2D eigenvalue weighted by Crippen LogP contribution is -2.30. The van der Waals surface area contributed by atoms with Crippen LogP contribution in [-0.4, -0.2) is 30.0 Å². The lowest BCUT2D eigenvalue weighted by atomic mass is 10.2. The van der Waals surface area contributed by atoms with Gasteiger partial charge in [0.05, 0.1) is 0 Å². The summed E-state index contributed by atoms with van der Waals surface area (Å²) >= 11 is 0. The maximum atomic E-state index is 8.74. The predicted octanol–water partition coefficient (Wildman–Crippen LogP) is 0.563. The fraction of sp³-hybridized carbons (Fsp3) is 0.625. The van der Waals surface area contributed by atoms with Crippen molar-refractivity contribution in [2.75, 3.05) is 6.54 Å². The summed E-state index contributed by atoms with van der Waals surface area (Å²) in [6.45, 7) is 2.83. The first kappa shape index (κ1) is 17.3. The first-order valence-corrected chi connectivity index (χ1v) is 6.06. The molecular formula is C8H19N3O4S. The highest BCUT2D eigenvalue weighted by Gasteiger charge is 1.86. The van der Waals surface area contributed by atoms with Gasteiger partial charge in [-0.1, -0.05) is 12.2 Å². The van der Waals surface area contributed by atoms with Gasteiger partial charge in [0.1, 0.15) is 0 Å². The minimum atomic E-state index is -4.67. The van der Waals surface area contributed by atoms with E-state index in [-0.39, 0.29) is 5.96 Å². The van der Waals surface area contributed by atoms with Crippen LogP contribution in [0.2, 0.25) is 0 Å². The Bertz CT molecular complexity index is 292. The summed E-state index contributed by atoms with van der Waals surface area (Å²) in [5.74, 6) is 0.0658. The van der Waals surface area contributed by atoms with Crippen LogP contribution in [0.5, 0.6) is 0 Å². The molecule has 16 heavy (non-hydrogen) atoms. The Kier molecular flexibility index (Phi) is 11.2. The molecule has 0 bridgehead atoms. The Morgan fingerprint density at radius 3 is 2.31 bits per heavy atom. The first-order chi connectivity index (χ1) is 7.27.